The molecule has 9 nitrogen and oxygen atoms in total. The Morgan fingerprint density at radius 1 is 1.06 bits per heavy atom. The summed E-state index contributed by atoms with van der Waals surface area (Å²) < 4.78 is 67.7. The minimum atomic E-state index is -5.08. The number of nitrogens with zero attached hydrogens (tertiary/aromatic N) is 1. The van der Waals surface area contributed by atoms with Crippen LogP contribution in [-0.4, -0.2) is 80.2 Å². The summed E-state index contributed by atoms with van der Waals surface area (Å²) in [6.45, 7) is 2.50. The average molecular weight is 534 g/mol. The number of carbonyl (C=O) groups is 2. The van der Waals surface area contributed by atoms with Gasteiger partial charge in [-0.25, -0.2) is 13.2 Å². The van der Waals surface area contributed by atoms with Crippen LogP contribution in [0.15, 0.2) is 59.5 Å². The first-order chi connectivity index (χ1) is 16.9. The van der Waals surface area contributed by atoms with Crippen LogP contribution < -0.4 is 4.74 Å². The fourth-order valence-electron chi connectivity index (χ4n) is 3.15. The van der Waals surface area contributed by atoms with Gasteiger partial charge >= 0.3 is 18.1 Å². The largest absolute Gasteiger partial charge is 0.493 e. The Balaban J connectivity index is 0.000000572. The van der Waals surface area contributed by atoms with Gasteiger partial charge in [-0.2, -0.15) is 13.2 Å². The Morgan fingerprint density at radius 2 is 1.67 bits per heavy atom. The number of hydrogen-bond donors (Lipinski definition) is 2. The summed E-state index contributed by atoms with van der Waals surface area (Å²) in [4.78, 5) is 22.0. The normalized spacial score (nSPS) is 16.5. The van der Waals surface area contributed by atoms with E-state index in [1.165, 1.54) is 0 Å². The zero-order valence-corrected chi connectivity index (χ0v) is 19.9. The van der Waals surface area contributed by atoms with Crippen LogP contribution in [0.2, 0.25) is 0 Å². The molecule has 1 heterocycles. The molecule has 2 N–H and O–H groups in total. The number of aliphatic carboxylic acids is 2. The van der Waals surface area contributed by atoms with E-state index < -0.39 is 28.0 Å². The molecule has 0 amide bonds. The van der Waals surface area contributed by atoms with Gasteiger partial charge in [-0.3, -0.25) is 9.69 Å². The van der Waals surface area contributed by atoms with Gasteiger partial charge in [0.25, 0.3) is 0 Å². The Bertz CT molecular complexity index is 1090. The summed E-state index contributed by atoms with van der Waals surface area (Å²) in [7, 11) is -3.37. The van der Waals surface area contributed by atoms with Crippen LogP contribution in [0.25, 0.3) is 0 Å². The highest BCUT2D eigenvalue weighted by Crippen LogP contribution is 2.24. The van der Waals surface area contributed by atoms with Gasteiger partial charge in [-0.15, -0.1) is 0 Å². The number of alkyl halides is 3. The number of morpholine rings is 1. The van der Waals surface area contributed by atoms with Crippen LogP contribution in [0.4, 0.5) is 13.2 Å². The first-order valence-electron chi connectivity index (χ1n) is 10.7. The Labute approximate surface area is 206 Å². The van der Waals surface area contributed by atoms with E-state index in [1.807, 2.05) is 12.1 Å². The molecule has 0 aliphatic carbocycles. The molecule has 1 fully saturated rings. The van der Waals surface area contributed by atoms with E-state index in [-0.39, 0.29) is 24.9 Å². The molecule has 0 saturated carbocycles. The van der Waals surface area contributed by atoms with Gasteiger partial charge in [0.05, 0.1) is 29.8 Å². The summed E-state index contributed by atoms with van der Waals surface area (Å²) in [6, 6.07) is 15.7. The molecule has 0 spiro atoms. The quantitative estimate of drug-likeness (QED) is 0.499. The van der Waals surface area contributed by atoms with Crippen LogP contribution in [0.3, 0.4) is 0 Å². The second kappa shape index (κ2) is 13.2. The van der Waals surface area contributed by atoms with Crippen molar-refractivity contribution in [2.75, 3.05) is 38.6 Å². The van der Waals surface area contributed by atoms with Gasteiger partial charge in [-0.05, 0) is 29.8 Å². The van der Waals surface area contributed by atoms with Crippen molar-refractivity contribution in [2.45, 2.75) is 23.6 Å². The maximum absolute atomic E-state index is 12.3. The molecule has 2 aromatic rings. The molecule has 0 aromatic heterocycles. The van der Waals surface area contributed by atoms with Crippen molar-refractivity contribution in [3.8, 4) is 5.75 Å². The van der Waals surface area contributed by atoms with Crippen molar-refractivity contribution in [3.63, 3.8) is 0 Å². The SMILES string of the molecule is O=C(O)C(F)(F)F.O=C(O)CCN1CCOC(c2ccc(OCCS(=O)(=O)c3ccccc3)cc2)C1. The molecule has 1 unspecified atom stereocenters. The van der Waals surface area contributed by atoms with Crippen molar-refractivity contribution >= 4 is 21.8 Å². The molecule has 2 aromatic carbocycles. The van der Waals surface area contributed by atoms with E-state index in [4.69, 9.17) is 24.5 Å². The number of hydrogen-bond acceptors (Lipinski definition) is 7. The Hall–Kier alpha value is -3.16. The smallest absolute Gasteiger partial charge is 0.490 e. The third kappa shape index (κ3) is 9.84. The van der Waals surface area contributed by atoms with Gasteiger partial charge in [0, 0.05) is 19.6 Å². The molecule has 36 heavy (non-hydrogen) atoms. The van der Waals surface area contributed by atoms with E-state index in [2.05, 4.69) is 4.90 Å². The topological polar surface area (TPSA) is 130 Å². The summed E-state index contributed by atoms with van der Waals surface area (Å²) in [5.41, 5.74) is 0.981. The highest BCUT2D eigenvalue weighted by molar-refractivity contribution is 7.91. The zero-order valence-electron chi connectivity index (χ0n) is 19.1. The third-order valence-corrected chi connectivity index (χ3v) is 6.70. The highest BCUT2D eigenvalue weighted by atomic mass is 32.2. The molecular formula is C23H26F3NO8S. The lowest BCUT2D eigenvalue weighted by Gasteiger charge is -2.32. The van der Waals surface area contributed by atoms with Gasteiger partial charge < -0.3 is 19.7 Å². The van der Waals surface area contributed by atoms with Crippen LogP contribution >= 0.6 is 0 Å². The van der Waals surface area contributed by atoms with E-state index >= 15 is 0 Å². The standard InChI is InChI=1S/C21H25NO6S.C2HF3O2/c23-21(24)10-11-22-12-13-28-20(16-22)17-6-8-18(9-7-17)27-14-15-29(25,26)19-4-2-1-3-5-19;3-2(4,5)1(6)7/h1-9,20H,10-16H2,(H,23,24);(H,6,7). The van der Waals surface area contributed by atoms with Gasteiger partial charge in [0.1, 0.15) is 12.4 Å². The fraction of sp³-hybridized carbons (Fsp3) is 0.391. The van der Waals surface area contributed by atoms with Gasteiger partial charge in [0.2, 0.25) is 0 Å². The number of carboxylic acids is 2. The lowest BCUT2D eigenvalue weighted by molar-refractivity contribution is -0.192. The molecular weight excluding hydrogens is 507 g/mol. The van der Waals surface area contributed by atoms with Crippen LogP contribution in [0.5, 0.6) is 5.75 Å². The second-order valence-corrected chi connectivity index (χ2v) is 9.77. The third-order valence-electron chi connectivity index (χ3n) is 5.01. The van der Waals surface area contributed by atoms with E-state index in [0.29, 0.717) is 30.3 Å². The van der Waals surface area contributed by atoms with Crippen LogP contribution in [0, 0.1) is 0 Å². The average Bonchev–Trinajstić information content (AvgIpc) is 2.84. The van der Waals surface area contributed by atoms with Crippen molar-refractivity contribution in [1.82, 2.24) is 4.90 Å². The zero-order chi connectivity index (χ0) is 26.8. The predicted molar refractivity (Wildman–Crippen MR) is 122 cm³/mol. The number of ether oxygens (including phenoxy) is 2. The first kappa shape index (κ1) is 29.1. The lowest BCUT2D eigenvalue weighted by atomic mass is 10.1. The summed E-state index contributed by atoms with van der Waals surface area (Å²) >= 11 is 0. The minimum Gasteiger partial charge on any atom is -0.493 e. The fourth-order valence-corrected chi connectivity index (χ4v) is 4.26. The van der Waals surface area contributed by atoms with E-state index in [9.17, 15) is 26.4 Å². The number of carboxylic acid groups (broad SMARTS) is 2. The number of halogens is 3. The Kier molecular flexibility index (Phi) is 10.7. The van der Waals surface area contributed by atoms with Crippen molar-refractivity contribution in [1.29, 1.82) is 0 Å². The molecule has 0 bridgehead atoms. The summed E-state index contributed by atoms with van der Waals surface area (Å²) in [5, 5.41) is 16.0. The molecule has 1 saturated heterocycles. The molecule has 3 rings (SSSR count). The Morgan fingerprint density at radius 3 is 2.22 bits per heavy atom. The van der Waals surface area contributed by atoms with Crippen molar-refractivity contribution in [3.05, 3.63) is 60.2 Å². The molecule has 1 aliphatic rings. The number of rotatable bonds is 9. The molecule has 1 atom stereocenters. The molecule has 198 valence electrons. The van der Waals surface area contributed by atoms with E-state index in [0.717, 1.165) is 12.1 Å². The first-order valence-corrected chi connectivity index (χ1v) is 12.4. The maximum Gasteiger partial charge on any atom is 0.490 e. The van der Waals surface area contributed by atoms with Crippen LogP contribution in [-0.2, 0) is 24.2 Å². The number of sulfone groups is 1. The maximum atomic E-state index is 12.3. The van der Waals surface area contributed by atoms with Crippen molar-refractivity contribution < 1.29 is 50.9 Å². The predicted octanol–water partition coefficient (Wildman–Crippen LogP) is 3.02. The summed E-state index contributed by atoms with van der Waals surface area (Å²) in [5.74, 6) is -3.06. The second-order valence-electron chi connectivity index (χ2n) is 7.66. The van der Waals surface area contributed by atoms with E-state index in [1.54, 1.807) is 42.5 Å². The summed E-state index contributed by atoms with van der Waals surface area (Å²) in [6.07, 6.45) is -5.09. The monoisotopic (exact) mass is 533 g/mol. The van der Waals surface area contributed by atoms with Gasteiger partial charge in [-0.1, -0.05) is 30.3 Å². The minimum absolute atomic E-state index is 0.0689. The number of benzene rings is 2. The molecule has 1 aliphatic heterocycles. The van der Waals surface area contributed by atoms with Gasteiger partial charge in [0.15, 0.2) is 9.84 Å². The highest BCUT2D eigenvalue weighted by Gasteiger charge is 2.38. The molecule has 13 heteroatoms. The lowest BCUT2D eigenvalue weighted by Crippen LogP contribution is -2.39. The van der Waals surface area contributed by atoms with Crippen LogP contribution in [0.1, 0.15) is 18.1 Å². The molecule has 0 radical (unpaired) electrons. The van der Waals surface area contributed by atoms with Crippen molar-refractivity contribution in [2.24, 2.45) is 0 Å².